The van der Waals surface area contributed by atoms with E-state index < -0.39 is 0 Å². The average molecular weight is 491 g/mol. The molecule has 1 aliphatic rings. The molecule has 3 aromatic carbocycles. The van der Waals surface area contributed by atoms with Gasteiger partial charge in [-0.25, -0.2) is 0 Å². The summed E-state index contributed by atoms with van der Waals surface area (Å²) in [6, 6.07) is 22.0. The lowest BCUT2D eigenvalue weighted by molar-refractivity contribution is 0.0993. The Labute approximate surface area is 209 Å². The quantitative estimate of drug-likeness (QED) is 0.317. The van der Waals surface area contributed by atoms with Crippen molar-refractivity contribution in [3.05, 3.63) is 105 Å². The van der Waals surface area contributed by atoms with Crippen LogP contribution in [0.4, 0.5) is 5.69 Å². The highest BCUT2D eigenvalue weighted by molar-refractivity contribution is 6.31. The van der Waals surface area contributed by atoms with E-state index in [1.807, 2.05) is 72.5 Å². The SMILES string of the molecule is Cc1ccc(Cl)cc1N1C(=O)c2cc(-c3ccccc3O)n(C(C)C)c2C1c1ccc(Cl)cc1. The van der Waals surface area contributed by atoms with E-state index in [1.165, 1.54) is 0 Å². The maximum atomic E-state index is 14.0. The number of phenolic OH excluding ortho intramolecular Hbond substituents is 1. The Kier molecular flexibility index (Phi) is 5.67. The maximum absolute atomic E-state index is 14.0. The molecule has 1 amide bonds. The molecule has 0 aliphatic carbocycles. The predicted octanol–water partition coefficient (Wildman–Crippen LogP) is 7.81. The van der Waals surface area contributed by atoms with Crippen LogP contribution in [0.2, 0.25) is 10.0 Å². The number of hydrogen-bond acceptors (Lipinski definition) is 2. The summed E-state index contributed by atoms with van der Waals surface area (Å²) in [5.41, 5.74) is 5.68. The predicted molar refractivity (Wildman–Crippen MR) is 138 cm³/mol. The van der Waals surface area contributed by atoms with Gasteiger partial charge in [-0.15, -0.1) is 0 Å². The van der Waals surface area contributed by atoms with Crippen molar-refractivity contribution < 1.29 is 9.90 Å². The number of hydrogen-bond donors (Lipinski definition) is 1. The van der Waals surface area contributed by atoms with Gasteiger partial charge in [0.2, 0.25) is 0 Å². The third kappa shape index (κ3) is 3.58. The number of anilines is 1. The number of benzene rings is 3. The monoisotopic (exact) mass is 490 g/mol. The first kappa shape index (κ1) is 22.6. The molecule has 172 valence electrons. The van der Waals surface area contributed by atoms with Gasteiger partial charge >= 0.3 is 0 Å². The summed E-state index contributed by atoms with van der Waals surface area (Å²) >= 11 is 12.6. The maximum Gasteiger partial charge on any atom is 0.261 e. The molecule has 4 aromatic rings. The van der Waals surface area contributed by atoms with E-state index in [9.17, 15) is 9.90 Å². The summed E-state index contributed by atoms with van der Waals surface area (Å²) in [7, 11) is 0. The van der Waals surface area contributed by atoms with Gasteiger partial charge in [0.25, 0.3) is 5.91 Å². The van der Waals surface area contributed by atoms with Gasteiger partial charge in [0, 0.05) is 27.3 Å². The Morgan fingerprint density at radius 3 is 2.24 bits per heavy atom. The Morgan fingerprint density at radius 2 is 1.56 bits per heavy atom. The topological polar surface area (TPSA) is 45.5 Å². The van der Waals surface area contributed by atoms with Crippen LogP contribution in [0.25, 0.3) is 11.3 Å². The van der Waals surface area contributed by atoms with Crippen molar-refractivity contribution >= 4 is 34.8 Å². The van der Waals surface area contributed by atoms with Gasteiger partial charge in [-0.2, -0.15) is 0 Å². The minimum atomic E-state index is -0.376. The molecule has 6 heteroatoms. The van der Waals surface area contributed by atoms with E-state index in [2.05, 4.69) is 18.4 Å². The fourth-order valence-electron chi connectivity index (χ4n) is 4.86. The van der Waals surface area contributed by atoms with Gasteiger partial charge in [-0.1, -0.05) is 53.5 Å². The van der Waals surface area contributed by atoms with Crippen molar-refractivity contribution in [1.29, 1.82) is 0 Å². The van der Waals surface area contributed by atoms with Gasteiger partial charge in [-0.05, 0) is 74.4 Å². The van der Waals surface area contributed by atoms with Crippen LogP contribution < -0.4 is 4.90 Å². The number of aromatic nitrogens is 1. The molecule has 2 heterocycles. The van der Waals surface area contributed by atoms with Crippen LogP contribution >= 0.6 is 23.2 Å². The van der Waals surface area contributed by atoms with Crippen LogP contribution in [0.3, 0.4) is 0 Å². The molecule has 4 nitrogen and oxygen atoms in total. The van der Waals surface area contributed by atoms with Crippen molar-refractivity contribution in [2.24, 2.45) is 0 Å². The van der Waals surface area contributed by atoms with Gasteiger partial charge in [0.15, 0.2) is 0 Å². The molecule has 0 radical (unpaired) electrons. The lowest BCUT2D eigenvalue weighted by Gasteiger charge is -2.30. The number of amides is 1. The lowest BCUT2D eigenvalue weighted by Crippen LogP contribution is -2.30. The van der Waals surface area contributed by atoms with Crippen molar-refractivity contribution in [3.63, 3.8) is 0 Å². The summed E-state index contributed by atoms with van der Waals surface area (Å²) < 4.78 is 2.15. The summed E-state index contributed by atoms with van der Waals surface area (Å²) in [6.07, 6.45) is 0. The van der Waals surface area contributed by atoms with Crippen LogP contribution in [0.15, 0.2) is 72.8 Å². The second-order valence-electron chi connectivity index (χ2n) is 8.87. The number of phenols is 1. The number of fused-ring (bicyclic) bond motifs is 1. The first-order valence-corrected chi connectivity index (χ1v) is 11.9. The number of aromatic hydroxyl groups is 1. The molecule has 1 aliphatic heterocycles. The average Bonchev–Trinajstić information content (AvgIpc) is 3.32. The second-order valence-corrected chi connectivity index (χ2v) is 9.74. The van der Waals surface area contributed by atoms with Crippen LogP contribution in [0.1, 0.15) is 53.1 Å². The molecule has 0 saturated heterocycles. The third-order valence-corrected chi connectivity index (χ3v) is 6.84. The number of halogens is 2. The Bertz CT molecular complexity index is 1410. The van der Waals surface area contributed by atoms with Crippen LogP contribution in [-0.4, -0.2) is 15.6 Å². The van der Waals surface area contributed by atoms with Crippen molar-refractivity contribution in [3.8, 4) is 17.0 Å². The molecule has 0 fully saturated rings. The highest BCUT2D eigenvalue weighted by Gasteiger charge is 2.43. The van der Waals surface area contributed by atoms with E-state index >= 15 is 0 Å². The number of aryl methyl sites for hydroxylation is 1. The first-order chi connectivity index (χ1) is 16.3. The molecule has 1 unspecified atom stereocenters. The number of para-hydroxylation sites is 1. The minimum Gasteiger partial charge on any atom is -0.507 e. The van der Waals surface area contributed by atoms with Crippen LogP contribution in [0.5, 0.6) is 5.75 Å². The molecule has 1 atom stereocenters. The Morgan fingerprint density at radius 1 is 0.882 bits per heavy atom. The fourth-order valence-corrected chi connectivity index (χ4v) is 5.15. The summed E-state index contributed by atoms with van der Waals surface area (Å²) in [5, 5.41) is 11.8. The molecule has 1 N–H and O–H groups in total. The summed E-state index contributed by atoms with van der Waals surface area (Å²) in [4.78, 5) is 15.8. The summed E-state index contributed by atoms with van der Waals surface area (Å²) in [5.74, 6) is 0.0787. The van der Waals surface area contributed by atoms with Gasteiger partial charge in [0.05, 0.1) is 17.0 Å². The molecule has 0 spiro atoms. The Hall–Kier alpha value is -3.21. The standard InChI is InChI=1S/C28H24Cl2N2O2/c1-16(2)31-24(21-6-4-5-7-25(21)33)15-22-27(31)26(18-9-12-19(29)13-10-18)32(28(22)34)23-14-20(30)11-8-17(23)3/h4-16,26,33H,1-3H3. The Balaban J connectivity index is 1.80. The number of carbonyl (C=O) groups excluding carboxylic acids is 1. The smallest absolute Gasteiger partial charge is 0.261 e. The molecule has 0 saturated carbocycles. The van der Waals surface area contributed by atoms with E-state index in [-0.39, 0.29) is 23.7 Å². The largest absolute Gasteiger partial charge is 0.507 e. The molecular formula is C28H24Cl2N2O2. The normalized spacial score (nSPS) is 15.3. The zero-order valence-corrected chi connectivity index (χ0v) is 20.6. The zero-order valence-electron chi connectivity index (χ0n) is 19.1. The fraction of sp³-hybridized carbons (Fsp3) is 0.179. The van der Waals surface area contributed by atoms with Gasteiger partial charge < -0.3 is 9.67 Å². The van der Waals surface area contributed by atoms with E-state index in [1.54, 1.807) is 12.1 Å². The number of rotatable bonds is 4. The van der Waals surface area contributed by atoms with Crippen molar-refractivity contribution in [2.45, 2.75) is 32.9 Å². The third-order valence-electron chi connectivity index (χ3n) is 6.36. The molecule has 1 aromatic heterocycles. The molecular weight excluding hydrogens is 467 g/mol. The molecule has 34 heavy (non-hydrogen) atoms. The summed E-state index contributed by atoms with van der Waals surface area (Å²) in [6.45, 7) is 6.14. The minimum absolute atomic E-state index is 0.0429. The first-order valence-electron chi connectivity index (χ1n) is 11.2. The number of carbonyl (C=O) groups is 1. The van der Waals surface area contributed by atoms with E-state index in [0.29, 0.717) is 21.2 Å². The van der Waals surface area contributed by atoms with Gasteiger partial charge in [0.1, 0.15) is 11.8 Å². The van der Waals surface area contributed by atoms with Crippen LogP contribution in [-0.2, 0) is 0 Å². The van der Waals surface area contributed by atoms with Crippen molar-refractivity contribution in [1.82, 2.24) is 4.57 Å². The lowest BCUT2D eigenvalue weighted by atomic mass is 10.0. The second kappa shape index (κ2) is 8.53. The molecule has 0 bridgehead atoms. The highest BCUT2D eigenvalue weighted by atomic mass is 35.5. The van der Waals surface area contributed by atoms with E-state index in [4.69, 9.17) is 23.2 Å². The van der Waals surface area contributed by atoms with Crippen LogP contribution in [0, 0.1) is 6.92 Å². The zero-order chi connectivity index (χ0) is 24.1. The van der Waals surface area contributed by atoms with E-state index in [0.717, 1.165) is 28.2 Å². The van der Waals surface area contributed by atoms with Gasteiger partial charge in [-0.3, -0.25) is 9.69 Å². The molecule has 5 rings (SSSR count). The number of nitrogens with zero attached hydrogens (tertiary/aromatic N) is 2. The highest BCUT2D eigenvalue weighted by Crippen LogP contribution is 2.48. The van der Waals surface area contributed by atoms with Crippen molar-refractivity contribution in [2.75, 3.05) is 4.90 Å².